The summed E-state index contributed by atoms with van der Waals surface area (Å²) in [5.41, 5.74) is -0.174. The van der Waals surface area contributed by atoms with Crippen molar-refractivity contribution in [2.45, 2.75) is 6.92 Å². The predicted octanol–water partition coefficient (Wildman–Crippen LogP) is 0.689. The van der Waals surface area contributed by atoms with Gasteiger partial charge in [0.25, 0.3) is 0 Å². The zero-order chi connectivity index (χ0) is 6.57. The third kappa shape index (κ3) is 1.40. The Morgan fingerprint density at radius 3 is 2.25 bits per heavy atom. The molecule has 0 rings (SSSR count). The minimum absolute atomic E-state index is 0.174. The van der Waals surface area contributed by atoms with E-state index in [2.05, 4.69) is 0 Å². The first-order chi connectivity index (χ1) is 3.72. The zero-order valence-corrected chi connectivity index (χ0v) is 4.47. The van der Waals surface area contributed by atoms with E-state index in [1.807, 2.05) is 0 Å². The van der Waals surface area contributed by atoms with Gasteiger partial charge in [-0.3, -0.25) is 5.41 Å². The number of rotatable bonds is 1. The topological polar surface area (TPSA) is 71.4 Å². The number of nitrogens with one attached hydrogen (secondary N) is 1. The highest BCUT2D eigenvalue weighted by Crippen LogP contribution is 1.91. The van der Waals surface area contributed by atoms with Crippen molar-refractivity contribution < 1.29 is 0 Å². The van der Waals surface area contributed by atoms with Crippen molar-refractivity contribution in [3.63, 3.8) is 0 Å². The number of hydrogen-bond acceptors (Lipinski definition) is 3. The van der Waals surface area contributed by atoms with Gasteiger partial charge >= 0.3 is 0 Å². The fourth-order valence-electron chi connectivity index (χ4n) is 0.161. The van der Waals surface area contributed by atoms with E-state index < -0.39 is 5.92 Å². The second-order valence-electron chi connectivity index (χ2n) is 1.38. The van der Waals surface area contributed by atoms with Crippen LogP contribution >= 0.6 is 0 Å². The molecule has 40 valence electrons. The van der Waals surface area contributed by atoms with E-state index in [-0.39, 0.29) is 5.71 Å². The van der Waals surface area contributed by atoms with Crippen LogP contribution in [0.3, 0.4) is 0 Å². The summed E-state index contributed by atoms with van der Waals surface area (Å²) < 4.78 is 0. The van der Waals surface area contributed by atoms with E-state index in [4.69, 9.17) is 15.9 Å². The molecule has 1 atom stereocenters. The van der Waals surface area contributed by atoms with Gasteiger partial charge in [-0.25, -0.2) is 0 Å². The fourth-order valence-corrected chi connectivity index (χ4v) is 0.161. The Kier molecular flexibility index (Phi) is 2.30. The highest BCUT2D eigenvalue weighted by atomic mass is 14.5. The number of hydrogen-bond donors (Lipinski definition) is 1. The highest BCUT2D eigenvalue weighted by Gasteiger charge is 2.03. The molecule has 0 aromatic rings. The monoisotopic (exact) mass is 107 g/mol. The number of nitriles is 2. The smallest absolute Gasteiger partial charge is 0.126 e. The molecule has 0 aromatic heterocycles. The second-order valence-corrected chi connectivity index (χ2v) is 1.38. The van der Waals surface area contributed by atoms with Crippen molar-refractivity contribution in [2.24, 2.45) is 5.92 Å². The van der Waals surface area contributed by atoms with Crippen LogP contribution in [0.25, 0.3) is 0 Å². The van der Waals surface area contributed by atoms with Crippen LogP contribution in [0, 0.1) is 34.0 Å². The molecule has 0 saturated heterocycles. The number of nitrogens with zero attached hydrogens (tertiary/aromatic N) is 2. The van der Waals surface area contributed by atoms with Gasteiger partial charge in [0.1, 0.15) is 11.8 Å². The molecule has 0 bridgehead atoms. The molecule has 1 unspecified atom stereocenters. The Bertz CT molecular complexity index is 169. The van der Waals surface area contributed by atoms with E-state index in [1.165, 1.54) is 6.92 Å². The lowest BCUT2D eigenvalue weighted by molar-refractivity contribution is 1.01. The maximum absolute atomic E-state index is 8.09. The summed E-state index contributed by atoms with van der Waals surface area (Å²) >= 11 is 0. The molecule has 0 spiro atoms. The van der Waals surface area contributed by atoms with Gasteiger partial charge in [-0.05, 0) is 6.92 Å². The minimum Gasteiger partial charge on any atom is -0.293 e. The van der Waals surface area contributed by atoms with Crippen LogP contribution in [0.15, 0.2) is 0 Å². The first-order valence-electron chi connectivity index (χ1n) is 2.10. The van der Waals surface area contributed by atoms with E-state index in [0.717, 1.165) is 0 Å². The van der Waals surface area contributed by atoms with Gasteiger partial charge in [0.2, 0.25) is 0 Å². The van der Waals surface area contributed by atoms with Gasteiger partial charge < -0.3 is 0 Å². The maximum atomic E-state index is 8.09. The largest absolute Gasteiger partial charge is 0.293 e. The molecule has 3 nitrogen and oxygen atoms in total. The van der Waals surface area contributed by atoms with Gasteiger partial charge in [-0.1, -0.05) is 0 Å². The SMILES string of the molecule is CC(C#N)C(=N)C#N. The van der Waals surface area contributed by atoms with Gasteiger partial charge in [0, 0.05) is 0 Å². The molecule has 0 amide bonds. The van der Waals surface area contributed by atoms with Crippen molar-refractivity contribution in [1.82, 2.24) is 0 Å². The fraction of sp³-hybridized carbons (Fsp3) is 0.400. The standard InChI is InChI=1S/C5H5N3/c1-4(2-6)5(8)3-7/h4,8H,1H3. The van der Waals surface area contributed by atoms with Crippen molar-refractivity contribution >= 4 is 5.71 Å². The molecular formula is C5H5N3. The van der Waals surface area contributed by atoms with Crippen molar-refractivity contribution in [1.29, 1.82) is 15.9 Å². The van der Waals surface area contributed by atoms with Crippen LogP contribution in [0.5, 0.6) is 0 Å². The lowest BCUT2D eigenvalue weighted by Crippen LogP contribution is -2.02. The Labute approximate surface area is 47.7 Å². The summed E-state index contributed by atoms with van der Waals surface area (Å²) in [4.78, 5) is 0. The highest BCUT2D eigenvalue weighted by molar-refractivity contribution is 5.98. The average Bonchev–Trinajstić information content (AvgIpc) is 1.84. The third-order valence-corrected chi connectivity index (χ3v) is 0.747. The minimum atomic E-state index is -0.556. The average molecular weight is 107 g/mol. The van der Waals surface area contributed by atoms with E-state index in [0.29, 0.717) is 0 Å². The van der Waals surface area contributed by atoms with E-state index in [9.17, 15) is 0 Å². The lowest BCUT2D eigenvalue weighted by atomic mass is 10.1. The normalized spacial score (nSPS) is 10.9. The van der Waals surface area contributed by atoms with Gasteiger partial charge in [0.05, 0.1) is 12.0 Å². The van der Waals surface area contributed by atoms with Gasteiger partial charge in [-0.15, -0.1) is 0 Å². The summed E-state index contributed by atoms with van der Waals surface area (Å²) in [6.07, 6.45) is 0. The van der Waals surface area contributed by atoms with Crippen LogP contribution in [-0.4, -0.2) is 5.71 Å². The molecule has 0 aliphatic rings. The van der Waals surface area contributed by atoms with Crippen LogP contribution < -0.4 is 0 Å². The predicted molar refractivity (Wildman–Crippen MR) is 28.1 cm³/mol. The maximum Gasteiger partial charge on any atom is 0.126 e. The van der Waals surface area contributed by atoms with Crippen LogP contribution in [0.1, 0.15) is 6.92 Å². The molecule has 0 saturated carbocycles. The van der Waals surface area contributed by atoms with Crippen molar-refractivity contribution in [2.75, 3.05) is 0 Å². The summed E-state index contributed by atoms with van der Waals surface area (Å²) in [6.45, 7) is 1.52. The quantitative estimate of drug-likeness (QED) is 0.500. The van der Waals surface area contributed by atoms with Crippen molar-refractivity contribution in [3.05, 3.63) is 0 Å². The molecule has 0 radical (unpaired) electrons. The molecule has 1 N–H and O–H groups in total. The Morgan fingerprint density at radius 1 is 1.62 bits per heavy atom. The van der Waals surface area contributed by atoms with E-state index in [1.54, 1.807) is 12.1 Å². The van der Waals surface area contributed by atoms with Gasteiger partial charge in [0.15, 0.2) is 0 Å². The molecule has 0 aliphatic heterocycles. The third-order valence-electron chi connectivity index (χ3n) is 0.747. The second kappa shape index (κ2) is 2.76. The van der Waals surface area contributed by atoms with Crippen molar-refractivity contribution in [3.8, 4) is 12.1 Å². The summed E-state index contributed by atoms with van der Waals surface area (Å²) in [5.74, 6) is -0.556. The Balaban J connectivity index is 3.93. The Morgan fingerprint density at radius 2 is 2.12 bits per heavy atom. The van der Waals surface area contributed by atoms with Crippen LogP contribution in [0.4, 0.5) is 0 Å². The van der Waals surface area contributed by atoms with Crippen LogP contribution in [-0.2, 0) is 0 Å². The molecule has 0 heterocycles. The zero-order valence-electron chi connectivity index (χ0n) is 4.47. The summed E-state index contributed by atoms with van der Waals surface area (Å²) in [5, 5.41) is 22.9. The first-order valence-corrected chi connectivity index (χ1v) is 2.10. The summed E-state index contributed by atoms with van der Waals surface area (Å²) in [7, 11) is 0. The molecule has 8 heavy (non-hydrogen) atoms. The first kappa shape index (κ1) is 6.65. The molecular weight excluding hydrogens is 102 g/mol. The Hall–Kier alpha value is -1.35. The lowest BCUT2D eigenvalue weighted by Gasteiger charge is -1.89. The van der Waals surface area contributed by atoms with E-state index >= 15 is 0 Å². The van der Waals surface area contributed by atoms with Gasteiger partial charge in [-0.2, -0.15) is 10.5 Å². The molecule has 3 heteroatoms. The molecule has 0 fully saturated rings. The van der Waals surface area contributed by atoms with Crippen LogP contribution in [0.2, 0.25) is 0 Å². The summed E-state index contributed by atoms with van der Waals surface area (Å²) in [6, 6.07) is 3.34. The molecule has 0 aromatic carbocycles. The molecule has 0 aliphatic carbocycles.